The van der Waals surface area contributed by atoms with Gasteiger partial charge in [0, 0.05) is 42.8 Å². The molecule has 0 unspecified atom stereocenters. The van der Waals surface area contributed by atoms with Gasteiger partial charge in [0.2, 0.25) is 0 Å². The van der Waals surface area contributed by atoms with Crippen molar-refractivity contribution >= 4 is 16.7 Å². The van der Waals surface area contributed by atoms with Crippen LogP contribution >= 0.6 is 0 Å². The maximum absolute atomic E-state index is 8.38. The standard InChI is InChI=1S/C14H17N3O/c1-16-10-12(11-4-2-3-5-13(11)16)14(15)17-6-8-18-9-7-17/h2-5,10,15H,6-9H2,1H3. The van der Waals surface area contributed by atoms with E-state index in [2.05, 4.69) is 21.6 Å². The van der Waals surface area contributed by atoms with Crippen molar-refractivity contribution in [2.75, 3.05) is 26.3 Å². The first kappa shape index (κ1) is 11.3. The molecule has 0 spiro atoms. The number of amidine groups is 1. The lowest BCUT2D eigenvalue weighted by molar-refractivity contribution is 0.0680. The molecule has 0 amide bonds. The van der Waals surface area contributed by atoms with Gasteiger partial charge in [0.15, 0.2) is 0 Å². The average Bonchev–Trinajstić information content (AvgIpc) is 2.77. The van der Waals surface area contributed by atoms with Gasteiger partial charge in [-0.25, -0.2) is 0 Å². The molecule has 4 nitrogen and oxygen atoms in total. The molecule has 1 aliphatic heterocycles. The van der Waals surface area contributed by atoms with Crippen LogP contribution in [0.3, 0.4) is 0 Å². The zero-order valence-corrected chi connectivity index (χ0v) is 10.5. The number of hydrogen-bond acceptors (Lipinski definition) is 2. The molecule has 1 aromatic carbocycles. The van der Waals surface area contributed by atoms with E-state index in [1.165, 1.54) is 5.52 Å². The van der Waals surface area contributed by atoms with Gasteiger partial charge >= 0.3 is 0 Å². The van der Waals surface area contributed by atoms with E-state index in [1.54, 1.807) is 0 Å². The molecule has 0 atom stereocenters. The van der Waals surface area contributed by atoms with E-state index in [-0.39, 0.29) is 0 Å². The third kappa shape index (κ3) is 1.78. The number of benzene rings is 1. The Morgan fingerprint density at radius 2 is 1.94 bits per heavy atom. The minimum atomic E-state index is 0.607. The van der Waals surface area contributed by atoms with Crippen LogP contribution in [0.5, 0.6) is 0 Å². The molecule has 2 heterocycles. The monoisotopic (exact) mass is 243 g/mol. The van der Waals surface area contributed by atoms with Gasteiger partial charge in [-0.15, -0.1) is 0 Å². The SMILES string of the molecule is Cn1cc(C(=N)N2CCOCC2)c2ccccc21. The van der Waals surface area contributed by atoms with E-state index >= 15 is 0 Å². The Labute approximate surface area is 106 Å². The van der Waals surface area contributed by atoms with Crippen LogP contribution in [-0.4, -0.2) is 41.6 Å². The van der Waals surface area contributed by atoms with Gasteiger partial charge in [0.25, 0.3) is 0 Å². The molecule has 0 radical (unpaired) electrons. The summed E-state index contributed by atoms with van der Waals surface area (Å²) in [4.78, 5) is 2.09. The number of morpholine rings is 1. The highest BCUT2D eigenvalue weighted by molar-refractivity contribution is 6.08. The number of fused-ring (bicyclic) bond motifs is 1. The van der Waals surface area contributed by atoms with Crippen LogP contribution in [0.2, 0.25) is 0 Å². The molecule has 2 aromatic rings. The maximum Gasteiger partial charge on any atom is 0.130 e. The average molecular weight is 243 g/mol. The van der Waals surface area contributed by atoms with Gasteiger partial charge in [-0.1, -0.05) is 18.2 Å². The number of para-hydroxylation sites is 1. The minimum Gasteiger partial charge on any atom is -0.378 e. The van der Waals surface area contributed by atoms with Gasteiger partial charge in [-0.3, -0.25) is 5.41 Å². The van der Waals surface area contributed by atoms with Gasteiger partial charge in [0.1, 0.15) is 5.84 Å². The lowest BCUT2D eigenvalue weighted by Crippen LogP contribution is -2.40. The highest BCUT2D eigenvalue weighted by Gasteiger charge is 2.18. The number of aromatic nitrogens is 1. The fourth-order valence-corrected chi connectivity index (χ4v) is 2.49. The fourth-order valence-electron chi connectivity index (χ4n) is 2.49. The molecular formula is C14H17N3O. The number of hydrogen-bond donors (Lipinski definition) is 1. The summed E-state index contributed by atoms with van der Waals surface area (Å²) in [6.45, 7) is 3.05. The van der Waals surface area contributed by atoms with Crippen LogP contribution < -0.4 is 0 Å². The van der Waals surface area contributed by atoms with Gasteiger partial charge in [-0.2, -0.15) is 0 Å². The second-order valence-electron chi connectivity index (χ2n) is 4.62. The Morgan fingerprint density at radius 3 is 2.72 bits per heavy atom. The summed E-state index contributed by atoms with van der Waals surface area (Å²) in [6, 6.07) is 8.23. The molecular weight excluding hydrogens is 226 g/mol. The molecule has 94 valence electrons. The lowest BCUT2D eigenvalue weighted by atomic mass is 10.1. The van der Waals surface area contributed by atoms with E-state index in [9.17, 15) is 0 Å². The topological polar surface area (TPSA) is 41.2 Å². The van der Waals surface area contributed by atoms with Crippen molar-refractivity contribution in [3.05, 3.63) is 36.0 Å². The Bertz CT molecular complexity index is 582. The van der Waals surface area contributed by atoms with E-state index in [1.807, 2.05) is 25.4 Å². The van der Waals surface area contributed by atoms with Crippen LogP contribution in [0.4, 0.5) is 0 Å². The lowest BCUT2D eigenvalue weighted by Gasteiger charge is -2.28. The Hall–Kier alpha value is -1.81. The third-order valence-corrected chi connectivity index (χ3v) is 3.48. The largest absolute Gasteiger partial charge is 0.378 e. The number of nitrogens with zero attached hydrogens (tertiary/aromatic N) is 2. The molecule has 0 bridgehead atoms. The summed E-state index contributed by atoms with van der Waals surface area (Å²) in [6.07, 6.45) is 2.04. The van der Waals surface area contributed by atoms with E-state index in [4.69, 9.17) is 10.1 Å². The highest BCUT2D eigenvalue weighted by Crippen LogP contribution is 2.21. The van der Waals surface area contributed by atoms with Gasteiger partial charge in [0.05, 0.1) is 13.2 Å². The zero-order chi connectivity index (χ0) is 12.5. The summed E-state index contributed by atoms with van der Waals surface area (Å²) < 4.78 is 7.42. The number of nitrogens with one attached hydrogen (secondary N) is 1. The zero-order valence-electron chi connectivity index (χ0n) is 10.5. The Balaban J connectivity index is 2.00. The van der Waals surface area contributed by atoms with Crippen molar-refractivity contribution in [1.82, 2.24) is 9.47 Å². The molecule has 1 aromatic heterocycles. The van der Waals surface area contributed by atoms with Crippen LogP contribution in [0.25, 0.3) is 10.9 Å². The normalized spacial score (nSPS) is 16.2. The molecule has 18 heavy (non-hydrogen) atoms. The fraction of sp³-hybridized carbons (Fsp3) is 0.357. The summed E-state index contributed by atoms with van der Waals surface area (Å²) in [7, 11) is 2.03. The second-order valence-corrected chi connectivity index (χ2v) is 4.62. The Kier molecular flexibility index (Phi) is 2.80. The van der Waals surface area contributed by atoms with Crippen LogP contribution in [0.1, 0.15) is 5.56 Å². The Morgan fingerprint density at radius 1 is 1.22 bits per heavy atom. The number of aryl methyl sites for hydroxylation is 1. The van der Waals surface area contributed by atoms with Crippen LogP contribution in [-0.2, 0) is 11.8 Å². The molecule has 1 saturated heterocycles. The minimum absolute atomic E-state index is 0.607. The van der Waals surface area contributed by atoms with Gasteiger partial charge in [-0.05, 0) is 6.07 Å². The van der Waals surface area contributed by atoms with Crippen LogP contribution in [0, 0.1) is 5.41 Å². The quantitative estimate of drug-likeness (QED) is 0.613. The first-order chi connectivity index (χ1) is 8.77. The number of rotatable bonds is 1. The predicted molar refractivity (Wildman–Crippen MR) is 72.1 cm³/mol. The van der Waals surface area contributed by atoms with Crippen LogP contribution in [0.15, 0.2) is 30.5 Å². The third-order valence-electron chi connectivity index (χ3n) is 3.48. The molecule has 3 rings (SSSR count). The molecule has 4 heteroatoms. The van der Waals surface area contributed by atoms with Crippen molar-refractivity contribution in [1.29, 1.82) is 5.41 Å². The number of ether oxygens (including phenoxy) is 1. The molecule has 0 aliphatic carbocycles. The summed E-state index contributed by atoms with van der Waals surface area (Å²) in [5.41, 5.74) is 2.18. The first-order valence-electron chi connectivity index (χ1n) is 6.23. The van der Waals surface area contributed by atoms with Crippen molar-refractivity contribution in [2.24, 2.45) is 7.05 Å². The summed E-state index contributed by atoms with van der Waals surface area (Å²) in [5, 5.41) is 9.53. The van der Waals surface area contributed by atoms with Crippen molar-refractivity contribution in [3.63, 3.8) is 0 Å². The smallest absolute Gasteiger partial charge is 0.130 e. The first-order valence-corrected chi connectivity index (χ1v) is 6.23. The maximum atomic E-state index is 8.38. The summed E-state index contributed by atoms with van der Waals surface area (Å²) in [5.74, 6) is 0.607. The van der Waals surface area contributed by atoms with E-state index in [0.29, 0.717) is 19.0 Å². The van der Waals surface area contributed by atoms with Crippen molar-refractivity contribution in [3.8, 4) is 0 Å². The van der Waals surface area contributed by atoms with E-state index < -0.39 is 0 Å². The second kappa shape index (κ2) is 4.46. The van der Waals surface area contributed by atoms with Crippen molar-refractivity contribution in [2.45, 2.75) is 0 Å². The van der Waals surface area contributed by atoms with E-state index in [0.717, 1.165) is 24.0 Å². The molecule has 1 fully saturated rings. The highest BCUT2D eigenvalue weighted by atomic mass is 16.5. The van der Waals surface area contributed by atoms with Crippen molar-refractivity contribution < 1.29 is 4.74 Å². The molecule has 1 N–H and O–H groups in total. The van der Waals surface area contributed by atoms with Gasteiger partial charge < -0.3 is 14.2 Å². The predicted octanol–water partition coefficient (Wildman–Crippen LogP) is 1.84. The summed E-state index contributed by atoms with van der Waals surface area (Å²) >= 11 is 0. The molecule has 1 aliphatic rings. The molecule has 0 saturated carbocycles.